The number of anilines is 1. The van der Waals surface area contributed by atoms with Gasteiger partial charge in [0.1, 0.15) is 5.82 Å². The Kier molecular flexibility index (Phi) is 4.64. The second-order valence-corrected chi connectivity index (χ2v) is 6.48. The Hall–Kier alpha value is -2.24. The van der Waals surface area contributed by atoms with Gasteiger partial charge in [0, 0.05) is 25.3 Å². The van der Waals surface area contributed by atoms with Crippen LogP contribution in [0, 0.1) is 19.8 Å². The van der Waals surface area contributed by atoms with Crippen LogP contribution >= 0.6 is 0 Å². The first-order chi connectivity index (χ1) is 11.5. The van der Waals surface area contributed by atoms with Crippen molar-refractivity contribution in [1.82, 2.24) is 20.3 Å². The number of amides is 1. The fraction of sp³-hybridized carbons (Fsp3) is 0.556. The number of carbonyl (C=O) groups excluding carboxylic acids is 1. The monoisotopic (exact) mass is 327 g/mol. The smallest absolute Gasteiger partial charge is 0.289 e. The fourth-order valence-electron chi connectivity index (χ4n) is 2.95. The van der Waals surface area contributed by atoms with E-state index in [9.17, 15) is 4.79 Å². The molecule has 2 heterocycles. The summed E-state index contributed by atoms with van der Waals surface area (Å²) < 4.78 is 0. The van der Waals surface area contributed by atoms with Crippen LogP contribution < -0.4 is 10.2 Å². The molecule has 1 saturated carbocycles. The van der Waals surface area contributed by atoms with Crippen molar-refractivity contribution < 1.29 is 4.79 Å². The third-order valence-electron chi connectivity index (χ3n) is 4.49. The number of hydrogen-bond acceptors (Lipinski definition) is 5. The highest BCUT2D eigenvalue weighted by molar-refractivity contribution is 5.96. The molecule has 1 fully saturated rings. The third kappa shape index (κ3) is 3.32. The van der Waals surface area contributed by atoms with Crippen molar-refractivity contribution >= 4 is 22.8 Å². The quantitative estimate of drug-likeness (QED) is 0.883. The molecule has 0 spiro atoms. The molecule has 2 aromatic heterocycles. The lowest BCUT2D eigenvalue weighted by Gasteiger charge is -2.22. The molecule has 0 atom stereocenters. The molecule has 0 aromatic carbocycles. The van der Waals surface area contributed by atoms with E-state index < -0.39 is 0 Å². The molecule has 0 bridgehead atoms. The van der Waals surface area contributed by atoms with Crippen molar-refractivity contribution in [2.75, 3.05) is 24.5 Å². The zero-order valence-electron chi connectivity index (χ0n) is 14.9. The average molecular weight is 327 g/mol. The minimum atomic E-state index is -0.210. The lowest BCUT2D eigenvalue weighted by Crippen LogP contribution is -2.30. The summed E-state index contributed by atoms with van der Waals surface area (Å²) in [5.41, 5.74) is 2.58. The first-order valence-corrected chi connectivity index (χ1v) is 8.72. The van der Waals surface area contributed by atoms with E-state index in [-0.39, 0.29) is 11.7 Å². The molecule has 1 N–H and O–H groups in total. The van der Waals surface area contributed by atoms with Crippen LogP contribution in [-0.4, -0.2) is 40.5 Å². The SMILES string of the molecule is CCN(CC)c1nc(C(=O)NCC2CC2)nc2nc(C)cc(C)c12. The molecule has 1 aliphatic rings. The molecule has 0 radical (unpaired) electrons. The number of aryl methyl sites for hydroxylation is 2. The number of nitrogens with zero attached hydrogens (tertiary/aromatic N) is 4. The molecule has 0 saturated heterocycles. The van der Waals surface area contributed by atoms with E-state index in [0.29, 0.717) is 18.1 Å². The van der Waals surface area contributed by atoms with Crippen LogP contribution in [0.25, 0.3) is 11.0 Å². The van der Waals surface area contributed by atoms with E-state index in [0.717, 1.165) is 35.6 Å². The second-order valence-electron chi connectivity index (χ2n) is 6.48. The summed E-state index contributed by atoms with van der Waals surface area (Å²) in [7, 11) is 0. The van der Waals surface area contributed by atoms with Crippen molar-refractivity contribution in [2.45, 2.75) is 40.5 Å². The van der Waals surface area contributed by atoms with Crippen LogP contribution in [0.5, 0.6) is 0 Å². The maximum Gasteiger partial charge on any atom is 0.289 e. The molecule has 0 aliphatic heterocycles. The number of fused-ring (bicyclic) bond motifs is 1. The molecule has 1 aliphatic carbocycles. The summed E-state index contributed by atoms with van der Waals surface area (Å²) in [4.78, 5) is 28.2. The zero-order chi connectivity index (χ0) is 17.3. The number of hydrogen-bond donors (Lipinski definition) is 1. The minimum Gasteiger partial charge on any atom is -0.356 e. The lowest BCUT2D eigenvalue weighted by atomic mass is 10.1. The number of nitrogens with one attached hydrogen (secondary N) is 1. The molecule has 24 heavy (non-hydrogen) atoms. The summed E-state index contributed by atoms with van der Waals surface area (Å²) in [6, 6.07) is 2.03. The van der Waals surface area contributed by atoms with Crippen LogP contribution in [0.15, 0.2) is 6.07 Å². The van der Waals surface area contributed by atoms with Crippen LogP contribution in [0.3, 0.4) is 0 Å². The van der Waals surface area contributed by atoms with Gasteiger partial charge < -0.3 is 10.2 Å². The maximum atomic E-state index is 12.5. The maximum absolute atomic E-state index is 12.5. The summed E-state index contributed by atoms with van der Waals surface area (Å²) >= 11 is 0. The zero-order valence-corrected chi connectivity index (χ0v) is 14.9. The summed E-state index contributed by atoms with van der Waals surface area (Å²) in [5, 5.41) is 3.88. The first-order valence-electron chi connectivity index (χ1n) is 8.72. The molecule has 1 amide bonds. The van der Waals surface area contributed by atoms with Crippen LogP contribution in [-0.2, 0) is 0 Å². The summed E-state index contributed by atoms with van der Waals surface area (Å²) in [6.45, 7) is 10.5. The van der Waals surface area contributed by atoms with Gasteiger partial charge in [-0.05, 0) is 58.1 Å². The summed E-state index contributed by atoms with van der Waals surface area (Å²) in [6.07, 6.45) is 2.40. The van der Waals surface area contributed by atoms with Gasteiger partial charge in [-0.25, -0.2) is 15.0 Å². The van der Waals surface area contributed by atoms with Gasteiger partial charge in [-0.1, -0.05) is 0 Å². The standard InChI is InChI=1S/C18H25N5O/c1-5-23(6-2)17-14-11(3)9-12(4)20-15(14)21-16(22-17)18(24)19-10-13-7-8-13/h9,13H,5-8,10H2,1-4H3,(H,19,24). The van der Waals surface area contributed by atoms with Gasteiger partial charge in [-0.15, -0.1) is 0 Å². The second kappa shape index (κ2) is 6.71. The number of carbonyl (C=O) groups is 1. The van der Waals surface area contributed by atoms with Gasteiger partial charge in [0.25, 0.3) is 5.91 Å². The molecule has 6 heteroatoms. The van der Waals surface area contributed by atoms with Gasteiger partial charge in [0.15, 0.2) is 5.65 Å². The van der Waals surface area contributed by atoms with E-state index in [2.05, 4.69) is 39.0 Å². The lowest BCUT2D eigenvalue weighted by molar-refractivity contribution is 0.0941. The minimum absolute atomic E-state index is 0.210. The largest absolute Gasteiger partial charge is 0.356 e. The van der Waals surface area contributed by atoms with Crippen LogP contribution in [0.4, 0.5) is 5.82 Å². The predicted octanol–water partition coefficient (Wildman–Crippen LogP) is 2.63. The Morgan fingerprint density at radius 3 is 2.54 bits per heavy atom. The Bertz CT molecular complexity index is 766. The van der Waals surface area contributed by atoms with E-state index >= 15 is 0 Å². The Labute approximate surface area is 142 Å². The van der Waals surface area contributed by atoms with Crippen molar-refractivity contribution in [3.8, 4) is 0 Å². The Balaban J connectivity index is 2.08. The van der Waals surface area contributed by atoms with Gasteiger partial charge in [-0.2, -0.15) is 0 Å². The van der Waals surface area contributed by atoms with E-state index in [1.807, 2.05) is 19.9 Å². The topological polar surface area (TPSA) is 71.0 Å². The van der Waals surface area contributed by atoms with Crippen molar-refractivity contribution in [3.63, 3.8) is 0 Å². The number of rotatable bonds is 6. The van der Waals surface area contributed by atoms with E-state index in [1.165, 1.54) is 12.8 Å². The van der Waals surface area contributed by atoms with Gasteiger partial charge in [-0.3, -0.25) is 4.79 Å². The molecule has 2 aromatic rings. The molecular formula is C18H25N5O. The van der Waals surface area contributed by atoms with E-state index in [1.54, 1.807) is 0 Å². The fourth-order valence-corrected chi connectivity index (χ4v) is 2.95. The molecular weight excluding hydrogens is 302 g/mol. The highest BCUT2D eigenvalue weighted by Crippen LogP contribution is 2.28. The van der Waals surface area contributed by atoms with Crippen LogP contribution in [0.2, 0.25) is 0 Å². The van der Waals surface area contributed by atoms with E-state index in [4.69, 9.17) is 0 Å². The van der Waals surface area contributed by atoms with Gasteiger partial charge >= 0.3 is 0 Å². The highest BCUT2D eigenvalue weighted by Gasteiger charge is 2.24. The van der Waals surface area contributed by atoms with Gasteiger partial charge in [0.2, 0.25) is 5.82 Å². The van der Waals surface area contributed by atoms with Gasteiger partial charge in [0.05, 0.1) is 5.39 Å². The molecule has 3 rings (SSSR count). The highest BCUT2D eigenvalue weighted by atomic mass is 16.2. The van der Waals surface area contributed by atoms with Crippen LogP contribution in [0.1, 0.15) is 48.6 Å². The number of aromatic nitrogens is 3. The summed E-state index contributed by atoms with van der Waals surface area (Å²) in [5.74, 6) is 1.42. The molecule has 6 nitrogen and oxygen atoms in total. The molecule has 128 valence electrons. The van der Waals surface area contributed by atoms with Crippen molar-refractivity contribution in [1.29, 1.82) is 0 Å². The normalized spacial score (nSPS) is 14.0. The first kappa shape index (κ1) is 16.6. The molecule has 0 unspecified atom stereocenters. The Morgan fingerprint density at radius 1 is 1.21 bits per heavy atom. The number of pyridine rings is 1. The Morgan fingerprint density at radius 2 is 1.92 bits per heavy atom. The third-order valence-corrected chi connectivity index (χ3v) is 4.49. The van der Waals surface area contributed by atoms with Crippen molar-refractivity contribution in [3.05, 3.63) is 23.1 Å². The van der Waals surface area contributed by atoms with Crippen molar-refractivity contribution in [2.24, 2.45) is 5.92 Å². The predicted molar refractivity (Wildman–Crippen MR) is 95.4 cm³/mol. The average Bonchev–Trinajstić information content (AvgIpc) is 3.37.